The minimum absolute atomic E-state index is 0.0169. The van der Waals surface area contributed by atoms with Gasteiger partial charge in [-0.3, -0.25) is 14.7 Å². The molecule has 1 atom stereocenters. The number of rotatable bonds is 5. The second kappa shape index (κ2) is 5.79. The zero-order valence-electron chi connectivity index (χ0n) is 11.9. The fourth-order valence-electron chi connectivity index (χ4n) is 2.86. The third kappa shape index (κ3) is 2.93. The molecule has 0 aromatic carbocycles. The van der Waals surface area contributed by atoms with Crippen LogP contribution in [0.5, 0.6) is 0 Å². The number of aromatic nitrogens is 1. The molecular formula is C15H22N4O. The van der Waals surface area contributed by atoms with E-state index < -0.39 is 0 Å². The number of nitrogens with one attached hydrogen (secondary N) is 2. The standard InChI is InChI=1S/C15H22N4O/c1-2-17-14-5-7-16-9-13(14)15(20)18-11-6-8-19(10-11)12-3-4-12/h5,7,9,11-12H,2-4,6,8,10H2,1H3,(H,16,17)(H,18,20). The minimum atomic E-state index is -0.0169. The number of anilines is 1. The van der Waals surface area contributed by atoms with Gasteiger partial charge in [0.25, 0.3) is 5.91 Å². The molecule has 0 spiro atoms. The second-order valence-electron chi connectivity index (χ2n) is 5.64. The summed E-state index contributed by atoms with van der Waals surface area (Å²) in [5.74, 6) is -0.0169. The lowest BCUT2D eigenvalue weighted by Gasteiger charge is -2.16. The Morgan fingerprint density at radius 2 is 2.30 bits per heavy atom. The van der Waals surface area contributed by atoms with Gasteiger partial charge in [0, 0.05) is 44.1 Å². The molecule has 1 amide bonds. The average Bonchev–Trinajstić information content (AvgIpc) is 3.20. The van der Waals surface area contributed by atoms with Crippen LogP contribution in [0.2, 0.25) is 0 Å². The summed E-state index contributed by atoms with van der Waals surface area (Å²) in [6.45, 7) is 4.92. The summed E-state index contributed by atoms with van der Waals surface area (Å²) >= 11 is 0. The highest BCUT2D eigenvalue weighted by Gasteiger charge is 2.34. The quantitative estimate of drug-likeness (QED) is 0.854. The first-order chi connectivity index (χ1) is 9.78. The normalized spacial score (nSPS) is 22.8. The zero-order valence-corrected chi connectivity index (χ0v) is 11.9. The van der Waals surface area contributed by atoms with Crippen LogP contribution in [0.3, 0.4) is 0 Å². The number of likely N-dealkylation sites (tertiary alicyclic amines) is 1. The van der Waals surface area contributed by atoms with Crippen molar-refractivity contribution in [1.29, 1.82) is 0 Å². The van der Waals surface area contributed by atoms with Gasteiger partial charge in [-0.25, -0.2) is 0 Å². The van der Waals surface area contributed by atoms with Gasteiger partial charge < -0.3 is 10.6 Å². The molecule has 1 aromatic rings. The lowest BCUT2D eigenvalue weighted by molar-refractivity contribution is 0.0938. The molecule has 5 heteroatoms. The molecule has 5 nitrogen and oxygen atoms in total. The van der Waals surface area contributed by atoms with Gasteiger partial charge in [0.05, 0.1) is 11.3 Å². The van der Waals surface area contributed by atoms with Crippen molar-refractivity contribution < 1.29 is 4.79 Å². The van der Waals surface area contributed by atoms with E-state index in [0.29, 0.717) is 5.56 Å². The zero-order chi connectivity index (χ0) is 13.9. The molecule has 1 aliphatic carbocycles. The second-order valence-corrected chi connectivity index (χ2v) is 5.64. The van der Waals surface area contributed by atoms with Crippen molar-refractivity contribution in [3.63, 3.8) is 0 Å². The minimum Gasteiger partial charge on any atom is -0.385 e. The number of amides is 1. The summed E-state index contributed by atoms with van der Waals surface area (Å²) in [7, 11) is 0. The van der Waals surface area contributed by atoms with E-state index in [1.54, 1.807) is 12.4 Å². The van der Waals surface area contributed by atoms with Crippen LogP contribution in [-0.4, -0.2) is 47.5 Å². The van der Waals surface area contributed by atoms with Crippen molar-refractivity contribution in [2.75, 3.05) is 25.0 Å². The van der Waals surface area contributed by atoms with Crippen LogP contribution in [0.25, 0.3) is 0 Å². The third-order valence-electron chi connectivity index (χ3n) is 4.05. The van der Waals surface area contributed by atoms with Crippen molar-refractivity contribution in [2.45, 2.75) is 38.3 Å². The summed E-state index contributed by atoms with van der Waals surface area (Å²) in [5, 5.41) is 6.35. The predicted octanol–water partition coefficient (Wildman–Crippen LogP) is 1.48. The number of carbonyl (C=O) groups excluding carboxylic acids is 1. The monoisotopic (exact) mass is 274 g/mol. The molecule has 3 rings (SSSR count). The first-order valence-corrected chi connectivity index (χ1v) is 7.50. The smallest absolute Gasteiger partial charge is 0.255 e. The summed E-state index contributed by atoms with van der Waals surface area (Å²) in [4.78, 5) is 18.9. The average molecular weight is 274 g/mol. The molecule has 1 aliphatic heterocycles. The molecule has 1 saturated heterocycles. The Kier molecular flexibility index (Phi) is 3.87. The van der Waals surface area contributed by atoms with E-state index in [1.807, 2.05) is 13.0 Å². The molecule has 2 aliphatic rings. The lowest BCUT2D eigenvalue weighted by atomic mass is 10.2. The molecule has 2 fully saturated rings. The summed E-state index contributed by atoms with van der Waals surface area (Å²) in [6.07, 6.45) is 7.06. The van der Waals surface area contributed by atoms with Crippen LogP contribution in [0.15, 0.2) is 18.5 Å². The van der Waals surface area contributed by atoms with E-state index in [1.165, 1.54) is 12.8 Å². The van der Waals surface area contributed by atoms with Crippen LogP contribution in [0, 0.1) is 0 Å². The Morgan fingerprint density at radius 3 is 3.05 bits per heavy atom. The van der Waals surface area contributed by atoms with Crippen LogP contribution in [0.4, 0.5) is 5.69 Å². The van der Waals surface area contributed by atoms with E-state index in [-0.39, 0.29) is 11.9 Å². The fourth-order valence-corrected chi connectivity index (χ4v) is 2.86. The highest BCUT2D eigenvalue weighted by molar-refractivity contribution is 5.99. The van der Waals surface area contributed by atoms with Gasteiger partial charge in [-0.05, 0) is 32.3 Å². The Morgan fingerprint density at radius 1 is 1.45 bits per heavy atom. The van der Waals surface area contributed by atoms with Gasteiger partial charge in [0.15, 0.2) is 0 Å². The number of hydrogen-bond acceptors (Lipinski definition) is 4. The number of pyridine rings is 1. The highest BCUT2D eigenvalue weighted by atomic mass is 16.1. The molecule has 0 radical (unpaired) electrons. The van der Waals surface area contributed by atoms with E-state index in [2.05, 4.69) is 20.5 Å². The molecule has 108 valence electrons. The van der Waals surface area contributed by atoms with Crippen molar-refractivity contribution >= 4 is 11.6 Å². The van der Waals surface area contributed by atoms with Crippen molar-refractivity contribution in [2.24, 2.45) is 0 Å². The summed E-state index contributed by atoms with van der Waals surface area (Å²) in [6, 6.07) is 2.91. The van der Waals surface area contributed by atoms with Crippen LogP contribution in [0.1, 0.15) is 36.5 Å². The molecule has 2 heterocycles. The Balaban J connectivity index is 1.61. The predicted molar refractivity (Wildman–Crippen MR) is 78.9 cm³/mol. The van der Waals surface area contributed by atoms with Gasteiger partial charge in [0.2, 0.25) is 0 Å². The molecule has 2 N–H and O–H groups in total. The number of carbonyl (C=O) groups is 1. The Labute approximate surface area is 119 Å². The van der Waals surface area contributed by atoms with Gasteiger partial charge >= 0.3 is 0 Å². The van der Waals surface area contributed by atoms with Gasteiger partial charge in [-0.1, -0.05) is 0 Å². The topological polar surface area (TPSA) is 57.3 Å². The molecule has 1 aromatic heterocycles. The van der Waals surface area contributed by atoms with Crippen LogP contribution in [-0.2, 0) is 0 Å². The molecule has 1 saturated carbocycles. The summed E-state index contributed by atoms with van der Waals surface area (Å²) < 4.78 is 0. The maximum atomic E-state index is 12.4. The van der Waals surface area contributed by atoms with E-state index in [4.69, 9.17) is 0 Å². The van der Waals surface area contributed by atoms with E-state index in [9.17, 15) is 4.79 Å². The maximum Gasteiger partial charge on any atom is 0.255 e. The fraction of sp³-hybridized carbons (Fsp3) is 0.600. The Hall–Kier alpha value is -1.62. The number of hydrogen-bond donors (Lipinski definition) is 2. The maximum absolute atomic E-state index is 12.4. The van der Waals surface area contributed by atoms with Crippen molar-refractivity contribution in [3.05, 3.63) is 24.0 Å². The molecular weight excluding hydrogens is 252 g/mol. The lowest BCUT2D eigenvalue weighted by Crippen LogP contribution is -2.37. The van der Waals surface area contributed by atoms with Gasteiger partial charge in [0.1, 0.15) is 0 Å². The first kappa shape index (κ1) is 13.4. The van der Waals surface area contributed by atoms with Crippen LogP contribution >= 0.6 is 0 Å². The van der Waals surface area contributed by atoms with Gasteiger partial charge in [-0.15, -0.1) is 0 Å². The van der Waals surface area contributed by atoms with Crippen molar-refractivity contribution in [3.8, 4) is 0 Å². The molecule has 20 heavy (non-hydrogen) atoms. The largest absolute Gasteiger partial charge is 0.385 e. The SMILES string of the molecule is CCNc1ccncc1C(=O)NC1CCN(C2CC2)C1. The van der Waals surface area contributed by atoms with Crippen molar-refractivity contribution in [1.82, 2.24) is 15.2 Å². The first-order valence-electron chi connectivity index (χ1n) is 7.50. The number of nitrogens with zero attached hydrogens (tertiary/aromatic N) is 2. The van der Waals surface area contributed by atoms with Gasteiger partial charge in [-0.2, -0.15) is 0 Å². The highest BCUT2D eigenvalue weighted by Crippen LogP contribution is 2.29. The molecule has 1 unspecified atom stereocenters. The Bertz CT molecular complexity index is 487. The van der Waals surface area contributed by atoms with E-state index >= 15 is 0 Å². The summed E-state index contributed by atoms with van der Waals surface area (Å²) in [5.41, 5.74) is 1.50. The van der Waals surface area contributed by atoms with E-state index in [0.717, 1.165) is 37.8 Å². The molecule has 0 bridgehead atoms. The van der Waals surface area contributed by atoms with Crippen LogP contribution < -0.4 is 10.6 Å². The third-order valence-corrected chi connectivity index (χ3v) is 4.05.